The lowest BCUT2D eigenvalue weighted by Crippen LogP contribution is -2.39. The molecule has 1 aromatic carbocycles. The van der Waals surface area contributed by atoms with Crippen LogP contribution in [0.1, 0.15) is 41.8 Å². The van der Waals surface area contributed by atoms with Gasteiger partial charge in [0.2, 0.25) is 0 Å². The van der Waals surface area contributed by atoms with Crippen molar-refractivity contribution in [2.45, 2.75) is 40.2 Å². The number of aliphatic hydroxyl groups is 1. The zero-order valence-electron chi connectivity index (χ0n) is 11.7. The molecule has 1 rings (SSSR count). The van der Waals surface area contributed by atoms with E-state index >= 15 is 0 Å². The molecule has 0 aliphatic rings. The van der Waals surface area contributed by atoms with Gasteiger partial charge in [0, 0.05) is 18.2 Å². The first-order valence-corrected chi connectivity index (χ1v) is 6.44. The Kier molecular flexibility index (Phi) is 5.35. The maximum atomic E-state index is 12.1. The number of aryl methyl sites for hydroxylation is 2. The molecule has 3 heteroatoms. The molecular formula is C15H23NO2. The van der Waals surface area contributed by atoms with E-state index in [1.54, 1.807) is 0 Å². The molecule has 2 N–H and O–H groups in total. The lowest BCUT2D eigenvalue weighted by molar-refractivity contribution is 0.0916. The number of hydrogen-bond acceptors (Lipinski definition) is 2. The van der Waals surface area contributed by atoms with Gasteiger partial charge in [0.25, 0.3) is 5.91 Å². The van der Waals surface area contributed by atoms with E-state index in [0.717, 1.165) is 5.56 Å². The van der Waals surface area contributed by atoms with Crippen molar-refractivity contribution in [2.75, 3.05) is 6.61 Å². The van der Waals surface area contributed by atoms with Gasteiger partial charge >= 0.3 is 0 Å². The van der Waals surface area contributed by atoms with Gasteiger partial charge in [-0.2, -0.15) is 0 Å². The first-order chi connectivity index (χ1) is 8.45. The minimum absolute atomic E-state index is 0.0177. The number of hydrogen-bond donors (Lipinski definition) is 2. The molecule has 0 radical (unpaired) electrons. The van der Waals surface area contributed by atoms with Crippen LogP contribution in [-0.4, -0.2) is 23.7 Å². The molecule has 0 heterocycles. The molecule has 1 amide bonds. The number of nitrogens with one attached hydrogen (secondary N) is 1. The first kappa shape index (κ1) is 14.7. The summed E-state index contributed by atoms with van der Waals surface area (Å²) in [5, 5.41) is 12.0. The quantitative estimate of drug-likeness (QED) is 0.842. The van der Waals surface area contributed by atoms with Crippen LogP contribution in [0.25, 0.3) is 0 Å². The number of benzene rings is 1. The van der Waals surface area contributed by atoms with Crippen molar-refractivity contribution >= 4 is 5.91 Å². The molecule has 0 saturated heterocycles. The van der Waals surface area contributed by atoms with Gasteiger partial charge in [0.15, 0.2) is 0 Å². The molecular weight excluding hydrogens is 226 g/mol. The fraction of sp³-hybridized carbons (Fsp3) is 0.533. The van der Waals surface area contributed by atoms with Crippen molar-refractivity contribution in [1.82, 2.24) is 5.32 Å². The number of rotatable bonds is 5. The van der Waals surface area contributed by atoms with Crippen LogP contribution < -0.4 is 5.32 Å². The first-order valence-electron chi connectivity index (χ1n) is 6.44. The SMILES string of the molecule is Cc1ccc(C(=O)NC(CCO)C(C)C)cc1C. The summed E-state index contributed by atoms with van der Waals surface area (Å²) in [7, 11) is 0. The largest absolute Gasteiger partial charge is 0.396 e. The van der Waals surface area contributed by atoms with Gasteiger partial charge in [-0.05, 0) is 49.4 Å². The predicted molar refractivity (Wildman–Crippen MR) is 73.7 cm³/mol. The average molecular weight is 249 g/mol. The fourth-order valence-corrected chi connectivity index (χ4v) is 1.85. The lowest BCUT2D eigenvalue weighted by Gasteiger charge is -2.21. The third kappa shape index (κ3) is 3.84. The summed E-state index contributed by atoms with van der Waals surface area (Å²) in [5.74, 6) is 0.248. The zero-order valence-corrected chi connectivity index (χ0v) is 11.7. The summed E-state index contributed by atoms with van der Waals surface area (Å²) in [4.78, 5) is 12.1. The average Bonchev–Trinajstić information content (AvgIpc) is 2.31. The molecule has 0 spiro atoms. The summed E-state index contributed by atoms with van der Waals surface area (Å²) >= 11 is 0. The predicted octanol–water partition coefficient (Wildman–Crippen LogP) is 2.44. The monoisotopic (exact) mass is 249 g/mol. The third-order valence-corrected chi connectivity index (χ3v) is 3.33. The van der Waals surface area contributed by atoms with Crippen molar-refractivity contribution in [1.29, 1.82) is 0 Å². The molecule has 0 bridgehead atoms. The Bertz CT molecular complexity index is 413. The van der Waals surface area contributed by atoms with Crippen LogP contribution in [0.3, 0.4) is 0 Å². The molecule has 18 heavy (non-hydrogen) atoms. The smallest absolute Gasteiger partial charge is 0.251 e. The number of carbonyl (C=O) groups excluding carboxylic acids is 1. The van der Waals surface area contributed by atoms with Crippen LogP contribution in [-0.2, 0) is 0 Å². The van der Waals surface area contributed by atoms with Crippen molar-refractivity contribution in [2.24, 2.45) is 5.92 Å². The fourth-order valence-electron chi connectivity index (χ4n) is 1.85. The molecule has 0 fully saturated rings. The minimum Gasteiger partial charge on any atom is -0.396 e. The molecule has 0 aliphatic carbocycles. The van der Waals surface area contributed by atoms with E-state index in [1.165, 1.54) is 5.56 Å². The topological polar surface area (TPSA) is 49.3 Å². The van der Waals surface area contributed by atoms with Crippen molar-refractivity contribution in [3.8, 4) is 0 Å². The van der Waals surface area contributed by atoms with Crippen LogP contribution in [0.2, 0.25) is 0 Å². The maximum absolute atomic E-state index is 12.1. The maximum Gasteiger partial charge on any atom is 0.251 e. The summed E-state index contributed by atoms with van der Waals surface area (Å²) in [6.45, 7) is 8.21. The van der Waals surface area contributed by atoms with E-state index in [2.05, 4.69) is 5.32 Å². The van der Waals surface area contributed by atoms with Crippen LogP contribution in [0.4, 0.5) is 0 Å². The standard InChI is InChI=1S/C15H23NO2/c1-10(2)14(7-8-17)16-15(18)13-6-5-11(3)12(4)9-13/h5-6,9-10,14,17H,7-8H2,1-4H3,(H,16,18). The molecule has 0 aliphatic heterocycles. The Hall–Kier alpha value is -1.35. The summed E-state index contributed by atoms with van der Waals surface area (Å²) in [6.07, 6.45) is 0.592. The highest BCUT2D eigenvalue weighted by Gasteiger charge is 2.16. The van der Waals surface area contributed by atoms with E-state index < -0.39 is 0 Å². The second kappa shape index (κ2) is 6.55. The highest BCUT2D eigenvalue weighted by Crippen LogP contribution is 2.12. The molecule has 0 aromatic heterocycles. The Morgan fingerprint density at radius 2 is 1.94 bits per heavy atom. The second-order valence-corrected chi connectivity index (χ2v) is 5.14. The normalized spacial score (nSPS) is 12.6. The molecule has 1 aromatic rings. The summed E-state index contributed by atoms with van der Waals surface area (Å²) in [6, 6.07) is 5.72. The molecule has 3 nitrogen and oxygen atoms in total. The van der Waals surface area contributed by atoms with Gasteiger partial charge in [0.1, 0.15) is 0 Å². The number of aliphatic hydroxyl groups excluding tert-OH is 1. The van der Waals surface area contributed by atoms with Crippen LogP contribution in [0.15, 0.2) is 18.2 Å². The summed E-state index contributed by atoms with van der Waals surface area (Å²) < 4.78 is 0. The van der Waals surface area contributed by atoms with Gasteiger partial charge < -0.3 is 10.4 Å². The van der Waals surface area contributed by atoms with Gasteiger partial charge in [0.05, 0.1) is 0 Å². The van der Waals surface area contributed by atoms with Gasteiger partial charge in [-0.15, -0.1) is 0 Å². The number of carbonyl (C=O) groups is 1. The van der Waals surface area contributed by atoms with E-state index in [-0.39, 0.29) is 18.6 Å². The van der Waals surface area contributed by atoms with E-state index in [0.29, 0.717) is 17.9 Å². The van der Waals surface area contributed by atoms with Crippen LogP contribution in [0.5, 0.6) is 0 Å². The minimum atomic E-state index is -0.0646. The molecule has 0 saturated carbocycles. The van der Waals surface area contributed by atoms with Gasteiger partial charge in [-0.1, -0.05) is 19.9 Å². The van der Waals surface area contributed by atoms with E-state index in [1.807, 2.05) is 45.9 Å². The Morgan fingerprint density at radius 1 is 1.28 bits per heavy atom. The van der Waals surface area contributed by atoms with Crippen LogP contribution >= 0.6 is 0 Å². The molecule has 100 valence electrons. The zero-order chi connectivity index (χ0) is 13.7. The molecule has 1 atom stereocenters. The Balaban J connectivity index is 2.77. The van der Waals surface area contributed by atoms with Gasteiger partial charge in [-0.25, -0.2) is 0 Å². The third-order valence-electron chi connectivity index (χ3n) is 3.33. The Labute approximate surface area is 109 Å². The highest BCUT2D eigenvalue weighted by atomic mass is 16.3. The Morgan fingerprint density at radius 3 is 2.44 bits per heavy atom. The second-order valence-electron chi connectivity index (χ2n) is 5.14. The van der Waals surface area contributed by atoms with Crippen molar-refractivity contribution < 1.29 is 9.90 Å². The molecule has 1 unspecified atom stereocenters. The lowest BCUT2D eigenvalue weighted by atomic mass is 10.00. The highest BCUT2D eigenvalue weighted by molar-refractivity contribution is 5.94. The van der Waals surface area contributed by atoms with Crippen LogP contribution in [0, 0.1) is 19.8 Å². The van der Waals surface area contributed by atoms with Crippen molar-refractivity contribution in [3.63, 3.8) is 0 Å². The van der Waals surface area contributed by atoms with E-state index in [9.17, 15) is 4.79 Å². The van der Waals surface area contributed by atoms with Crippen molar-refractivity contribution in [3.05, 3.63) is 34.9 Å². The van der Waals surface area contributed by atoms with E-state index in [4.69, 9.17) is 5.11 Å². The van der Waals surface area contributed by atoms with Gasteiger partial charge in [-0.3, -0.25) is 4.79 Å². The number of amides is 1. The summed E-state index contributed by atoms with van der Waals surface area (Å²) in [5.41, 5.74) is 2.98.